The highest BCUT2D eigenvalue weighted by atomic mass is 35.5. The molecule has 1 amide bonds. The maximum absolute atomic E-state index is 12.2. The Kier molecular flexibility index (Phi) is 8.40. The average Bonchev–Trinajstić information content (AvgIpc) is 2.93. The first kappa shape index (κ1) is 19.2. The number of carbonyl (C=O) groups is 1. The summed E-state index contributed by atoms with van der Waals surface area (Å²) < 4.78 is 6.87. The summed E-state index contributed by atoms with van der Waals surface area (Å²) in [6, 6.07) is 13.9. The standard InChI is InChI=1S/C17H23N3O2.ClH/c1-20-15(14-6-4-3-5-7-14)8-9-16(20)17(21)19-11-10-18-12-13-22-2;/h3-9,18H,10-13H2,1-2H3,(H,19,21);1H. The van der Waals surface area contributed by atoms with Gasteiger partial charge in [0.1, 0.15) is 5.69 Å². The minimum absolute atomic E-state index is 0. The Hall–Kier alpha value is -1.82. The van der Waals surface area contributed by atoms with Gasteiger partial charge in [0.15, 0.2) is 0 Å². The van der Waals surface area contributed by atoms with Gasteiger partial charge in [-0.2, -0.15) is 0 Å². The summed E-state index contributed by atoms with van der Waals surface area (Å²) in [5.74, 6) is -0.0572. The van der Waals surface area contributed by atoms with Crippen LogP contribution in [0.5, 0.6) is 0 Å². The van der Waals surface area contributed by atoms with E-state index in [1.54, 1.807) is 7.11 Å². The molecule has 0 saturated carbocycles. The van der Waals surface area contributed by atoms with Crippen LogP contribution in [0.4, 0.5) is 0 Å². The lowest BCUT2D eigenvalue weighted by molar-refractivity contribution is 0.0945. The fourth-order valence-corrected chi connectivity index (χ4v) is 2.29. The zero-order chi connectivity index (χ0) is 15.8. The average molecular weight is 338 g/mol. The van der Waals surface area contributed by atoms with Crippen molar-refractivity contribution in [1.29, 1.82) is 0 Å². The predicted molar refractivity (Wildman–Crippen MR) is 95.2 cm³/mol. The molecule has 0 aliphatic carbocycles. The van der Waals surface area contributed by atoms with E-state index in [0.29, 0.717) is 18.8 Å². The summed E-state index contributed by atoms with van der Waals surface area (Å²) in [4.78, 5) is 12.2. The Labute approximate surface area is 143 Å². The summed E-state index contributed by atoms with van der Waals surface area (Å²) in [7, 11) is 3.58. The van der Waals surface area contributed by atoms with E-state index in [-0.39, 0.29) is 18.3 Å². The number of rotatable bonds is 8. The second-order valence-electron chi connectivity index (χ2n) is 5.03. The number of nitrogens with zero attached hydrogens (tertiary/aromatic N) is 1. The molecule has 0 bridgehead atoms. The number of ether oxygens (including phenoxy) is 1. The van der Waals surface area contributed by atoms with E-state index in [0.717, 1.165) is 24.3 Å². The van der Waals surface area contributed by atoms with Gasteiger partial charge in [-0.05, 0) is 17.7 Å². The molecule has 1 aromatic carbocycles. The van der Waals surface area contributed by atoms with Crippen molar-refractivity contribution in [2.45, 2.75) is 0 Å². The minimum atomic E-state index is -0.0572. The molecule has 0 spiro atoms. The lowest BCUT2D eigenvalue weighted by Crippen LogP contribution is -2.33. The first-order chi connectivity index (χ1) is 10.7. The minimum Gasteiger partial charge on any atom is -0.383 e. The van der Waals surface area contributed by atoms with Crippen LogP contribution in [0, 0.1) is 0 Å². The second-order valence-corrected chi connectivity index (χ2v) is 5.03. The Morgan fingerprint density at radius 1 is 1.09 bits per heavy atom. The van der Waals surface area contributed by atoms with Crippen LogP contribution >= 0.6 is 12.4 Å². The number of carbonyl (C=O) groups excluding carboxylic acids is 1. The normalized spacial score (nSPS) is 10.2. The monoisotopic (exact) mass is 337 g/mol. The second kappa shape index (κ2) is 10.0. The van der Waals surface area contributed by atoms with Crippen LogP contribution in [0.3, 0.4) is 0 Å². The molecule has 0 aliphatic heterocycles. The number of aromatic nitrogens is 1. The van der Waals surface area contributed by atoms with E-state index in [9.17, 15) is 4.79 Å². The molecule has 2 aromatic rings. The van der Waals surface area contributed by atoms with Gasteiger partial charge >= 0.3 is 0 Å². The van der Waals surface area contributed by atoms with Crippen LogP contribution < -0.4 is 10.6 Å². The zero-order valence-corrected chi connectivity index (χ0v) is 14.4. The van der Waals surface area contributed by atoms with E-state index < -0.39 is 0 Å². The van der Waals surface area contributed by atoms with Crippen molar-refractivity contribution in [1.82, 2.24) is 15.2 Å². The molecule has 5 nitrogen and oxygen atoms in total. The topological polar surface area (TPSA) is 55.3 Å². The molecule has 1 aromatic heterocycles. The lowest BCUT2D eigenvalue weighted by atomic mass is 10.2. The summed E-state index contributed by atoms with van der Waals surface area (Å²) in [5, 5.41) is 6.11. The molecule has 2 N–H and O–H groups in total. The van der Waals surface area contributed by atoms with Crippen LogP contribution in [0.2, 0.25) is 0 Å². The van der Waals surface area contributed by atoms with E-state index in [2.05, 4.69) is 10.6 Å². The number of methoxy groups -OCH3 is 1. The number of benzene rings is 1. The first-order valence-electron chi connectivity index (χ1n) is 7.43. The van der Waals surface area contributed by atoms with Crippen molar-refractivity contribution in [2.24, 2.45) is 7.05 Å². The molecule has 0 saturated heterocycles. The van der Waals surface area contributed by atoms with Crippen LogP contribution in [-0.2, 0) is 11.8 Å². The van der Waals surface area contributed by atoms with Crippen molar-refractivity contribution >= 4 is 18.3 Å². The number of hydrogen-bond donors (Lipinski definition) is 2. The Morgan fingerprint density at radius 3 is 2.52 bits per heavy atom. The highest BCUT2D eigenvalue weighted by molar-refractivity contribution is 5.93. The fraction of sp³-hybridized carbons (Fsp3) is 0.353. The Bertz CT molecular complexity index is 599. The molecule has 1 heterocycles. The third-order valence-corrected chi connectivity index (χ3v) is 3.49. The van der Waals surface area contributed by atoms with Crippen molar-refractivity contribution in [3.63, 3.8) is 0 Å². The molecular weight excluding hydrogens is 314 g/mol. The largest absolute Gasteiger partial charge is 0.383 e. The van der Waals surface area contributed by atoms with Gasteiger partial charge in [0.05, 0.1) is 6.61 Å². The highest BCUT2D eigenvalue weighted by Crippen LogP contribution is 2.21. The molecular formula is C17H24ClN3O2. The third-order valence-electron chi connectivity index (χ3n) is 3.49. The van der Waals surface area contributed by atoms with Gasteiger partial charge in [0, 0.05) is 39.5 Å². The molecule has 2 rings (SSSR count). The van der Waals surface area contributed by atoms with Crippen LogP contribution in [0.25, 0.3) is 11.3 Å². The first-order valence-corrected chi connectivity index (χ1v) is 7.43. The number of halogens is 1. The van der Waals surface area contributed by atoms with Gasteiger partial charge in [0.2, 0.25) is 0 Å². The predicted octanol–water partition coefficient (Wildman–Crippen LogP) is 2.08. The summed E-state index contributed by atoms with van der Waals surface area (Å²) >= 11 is 0. The maximum atomic E-state index is 12.2. The molecule has 126 valence electrons. The van der Waals surface area contributed by atoms with E-state index >= 15 is 0 Å². The number of amides is 1. The molecule has 0 atom stereocenters. The van der Waals surface area contributed by atoms with Crippen molar-refractivity contribution in [3.05, 3.63) is 48.2 Å². The van der Waals surface area contributed by atoms with Gasteiger partial charge < -0.3 is 19.9 Å². The zero-order valence-electron chi connectivity index (χ0n) is 13.5. The quantitative estimate of drug-likeness (QED) is 0.725. The molecule has 23 heavy (non-hydrogen) atoms. The van der Waals surface area contributed by atoms with Crippen LogP contribution in [0.1, 0.15) is 10.5 Å². The Balaban J connectivity index is 0.00000264. The van der Waals surface area contributed by atoms with E-state index in [1.165, 1.54) is 0 Å². The van der Waals surface area contributed by atoms with Crippen molar-refractivity contribution in [3.8, 4) is 11.3 Å². The highest BCUT2D eigenvalue weighted by Gasteiger charge is 2.12. The number of hydrogen-bond acceptors (Lipinski definition) is 3. The lowest BCUT2D eigenvalue weighted by Gasteiger charge is -2.09. The molecule has 0 unspecified atom stereocenters. The summed E-state index contributed by atoms with van der Waals surface area (Å²) in [6.07, 6.45) is 0. The molecule has 0 radical (unpaired) electrons. The van der Waals surface area contributed by atoms with E-state index in [1.807, 2.05) is 54.1 Å². The van der Waals surface area contributed by atoms with Gasteiger partial charge in [-0.3, -0.25) is 4.79 Å². The Morgan fingerprint density at radius 2 is 1.83 bits per heavy atom. The van der Waals surface area contributed by atoms with Gasteiger partial charge in [0.25, 0.3) is 5.91 Å². The third kappa shape index (κ3) is 5.39. The molecule has 6 heteroatoms. The molecule has 0 aliphatic rings. The van der Waals surface area contributed by atoms with Gasteiger partial charge in [-0.15, -0.1) is 12.4 Å². The summed E-state index contributed by atoms with van der Waals surface area (Å²) in [6.45, 7) is 2.78. The SMILES string of the molecule is COCCNCCNC(=O)c1ccc(-c2ccccc2)n1C.Cl. The maximum Gasteiger partial charge on any atom is 0.267 e. The number of nitrogens with one attached hydrogen (secondary N) is 2. The van der Waals surface area contributed by atoms with E-state index in [4.69, 9.17) is 4.74 Å². The molecule has 0 fully saturated rings. The smallest absolute Gasteiger partial charge is 0.267 e. The van der Waals surface area contributed by atoms with Crippen molar-refractivity contribution in [2.75, 3.05) is 33.4 Å². The van der Waals surface area contributed by atoms with Crippen molar-refractivity contribution < 1.29 is 9.53 Å². The van der Waals surface area contributed by atoms with Gasteiger partial charge in [-0.25, -0.2) is 0 Å². The van der Waals surface area contributed by atoms with Gasteiger partial charge in [-0.1, -0.05) is 30.3 Å². The summed E-state index contributed by atoms with van der Waals surface area (Å²) in [5.41, 5.74) is 2.80. The van der Waals surface area contributed by atoms with Crippen LogP contribution in [-0.4, -0.2) is 43.8 Å². The fourth-order valence-electron chi connectivity index (χ4n) is 2.29. The van der Waals surface area contributed by atoms with Crippen LogP contribution in [0.15, 0.2) is 42.5 Å².